The highest BCUT2D eigenvalue weighted by atomic mass is 19.3. The Morgan fingerprint density at radius 2 is 1.58 bits per heavy atom. The number of ether oxygens (including phenoxy) is 2. The number of hydrogen-bond donors (Lipinski definition) is 0. The molecule has 0 saturated heterocycles. The van der Waals surface area contributed by atoms with Gasteiger partial charge in [-0.2, -0.15) is 0 Å². The minimum atomic E-state index is -2.57. The minimum absolute atomic E-state index is 0.113. The van der Waals surface area contributed by atoms with E-state index in [1.54, 1.807) is 24.3 Å². The maximum Gasteiger partial charge on any atom is 0.250 e. The van der Waals surface area contributed by atoms with Gasteiger partial charge >= 0.3 is 0 Å². The van der Waals surface area contributed by atoms with Crippen LogP contribution in [0, 0.1) is 0 Å². The number of fused-ring (bicyclic) bond motifs is 1. The van der Waals surface area contributed by atoms with Crippen LogP contribution in [0.4, 0.5) is 8.78 Å². The number of nitrogens with zero attached hydrogens (tertiary/aromatic N) is 1. The molecule has 0 spiro atoms. The van der Waals surface area contributed by atoms with Crippen molar-refractivity contribution in [3.63, 3.8) is 0 Å². The van der Waals surface area contributed by atoms with Gasteiger partial charge in [-0.05, 0) is 41.5 Å². The normalized spacial score (nSPS) is 13.3. The first kappa shape index (κ1) is 20.9. The monoisotopic (exact) mass is 419 g/mol. The van der Waals surface area contributed by atoms with Crippen LogP contribution in [0.2, 0.25) is 0 Å². The van der Waals surface area contributed by atoms with E-state index in [0.717, 1.165) is 10.8 Å². The lowest BCUT2D eigenvalue weighted by Gasteiger charge is -2.29. The van der Waals surface area contributed by atoms with Crippen LogP contribution in [0.15, 0.2) is 91.0 Å². The summed E-state index contributed by atoms with van der Waals surface area (Å²) in [4.78, 5) is 4.41. The topological polar surface area (TPSA) is 31.4 Å². The zero-order valence-corrected chi connectivity index (χ0v) is 17.2. The van der Waals surface area contributed by atoms with E-state index in [0.29, 0.717) is 22.9 Å². The molecule has 0 aliphatic rings. The number of rotatable bonds is 8. The molecular formula is C26H23F2NO2. The SMILES string of the molecule is CC(COCc1cccc(Oc2ccccc2)n1)(c1ccc2ccccc2c1)C(F)F. The van der Waals surface area contributed by atoms with Gasteiger partial charge in [0.1, 0.15) is 5.75 Å². The van der Waals surface area contributed by atoms with Crippen molar-refractivity contribution in [3.8, 4) is 11.6 Å². The smallest absolute Gasteiger partial charge is 0.250 e. The fourth-order valence-corrected chi connectivity index (χ4v) is 3.39. The standard InChI is InChI=1S/C26H23F2NO2/c1-26(25(27)28,21-15-14-19-8-5-6-9-20(19)16-21)18-30-17-22-10-7-13-24(29-22)31-23-11-3-2-4-12-23/h2-16,25H,17-18H2,1H3. The summed E-state index contributed by atoms with van der Waals surface area (Å²) in [5, 5.41) is 1.95. The number of para-hydroxylation sites is 1. The molecule has 4 rings (SSSR count). The van der Waals surface area contributed by atoms with Gasteiger partial charge in [0.25, 0.3) is 0 Å². The summed E-state index contributed by atoms with van der Waals surface area (Å²) >= 11 is 0. The molecule has 1 unspecified atom stereocenters. The number of pyridine rings is 1. The average molecular weight is 419 g/mol. The van der Waals surface area contributed by atoms with E-state index in [2.05, 4.69) is 4.98 Å². The quantitative estimate of drug-likeness (QED) is 0.316. The summed E-state index contributed by atoms with van der Waals surface area (Å²) in [6.07, 6.45) is -2.57. The Balaban J connectivity index is 1.45. The van der Waals surface area contributed by atoms with Gasteiger partial charge < -0.3 is 9.47 Å². The van der Waals surface area contributed by atoms with Crippen LogP contribution in [0.3, 0.4) is 0 Å². The van der Waals surface area contributed by atoms with Gasteiger partial charge in [0.05, 0.1) is 24.3 Å². The lowest BCUT2D eigenvalue weighted by molar-refractivity contribution is -0.0134. The van der Waals surface area contributed by atoms with Crippen molar-refractivity contribution in [2.45, 2.75) is 25.4 Å². The van der Waals surface area contributed by atoms with Gasteiger partial charge in [0, 0.05) is 6.07 Å². The second kappa shape index (κ2) is 9.23. The van der Waals surface area contributed by atoms with E-state index in [1.165, 1.54) is 6.92 Å². The summed E-state index contributed by atoms with van der Waals surface area (Å²) in [5.74, 6) is 1.10. The molecule has 1 aromatic heterocycles. The van der Waals surface area contributed by atoms with Crippen molar-refractivity contribution in [2.75, 3.05) is 6.61 Å². The van der Waals surface area contributed by atoms with E-state index >= 15 is 0 Å². The van der Waals surface area contributed by atoms with Crippen LogP contribution in [0.5, 0.6) is 11.6 Å². The largest absolute Gasteiger partial charge is 0.439 e. The molecule has 0 N–H and O–H groups in total. The zero-order valence-electron chi connectivity index (χ0n) is 17.2. The third-order valence-corrected chi connectivity index (χ3v) is 5.29. The molecular weight excluding hydrogens is 396 g/mol. The minimum Gasteiger partial charge on any atom is -0.439 e. The molecule has 0 aliphatic heterocycles. The molecule has 3 aromatic carbocycles. The number of aromatic nitrogens is 1. The van der Waals surface area contributed by atoms with Gasteiger partial charge in [-0.25, -0.2) is 13.8 Å². The average Bonchev–Trinajstić information content (AvgIpc) is 2.79. The molecule has 0 radical (unpaired) electrons. The summed E-state index contributed by atoms with van der Waals surface area (Å²) in [5.41, 5.74) is -0.263. The second-order valence-electron chi connectivity index (χ2n) is 7.66. The highest BCUT2D eigenvalue weighted by molar-refractivity contribution is 5.83. The number of benzene rings is 3. The lowest BCUT2D eigenvalue weighted by atomic mass is 9.82. The van der Waals surface area contributed by atoms with Gasteiger partial charge in [-0.3, -0.25) is 0 Å². The van der Waals surface area contributed by atoms with Crippen LogP contribution in [0.1, 0.15) is 18.2 Å². The van der Waals surface area contributed by atoms with Crippen molar-refractivity contribution in [1.29, 1.82) is 0 Å². The Morgan fingerprint density at radius 3 is 2.35 bits per heavy atom. The molecule has 4 aromatic rings. The van der Waals surface area contributed by atoms with Crippen LogP contribution in [0.25, 0.3) is 10.8 Å². The summed E-state index contributed by atoms with van der Waals surface area (Å²) in [6.45, 7) is 1.51. The molecule has 0 bridgehead atoms. The predicted molar refractivity (Wildman–Crippen MR) is 118 cm³/mol. The third kappa shape index (κ3) is 4.89. The van der Waals surface area contributed by atoms with E-state index in [9.17, 15) is 8.78 Å². The van der Waals surface area contributed by atoms with E-state index in [1.807, 2.05) is 66.7 Å². The maximum absolute atomic E-state index is 14.1. The molecule has 3 nitrogen and oxygen atoms in total. The Labute approximate surface area is 180 Å². The number of halogens is 2. The molecule has 0 aliphatic carbocycles. The summed E-state index contributed by atoms with van der Waals surface area (Å²) in [7, 11) is 0. The first-order valence-electron chi connectivity index (χ1n) is 10.1. The Kier molecular flexibility index (Phi) is 6.23. The summed E-state index contributed by atoms with van der Waals surface area (Å²) in [6, 6.07) is 27.8. The third-order valence-electron chi connectivity index (χ3n) is 5.29. The molecule has 5 heteroatoms. The molecule has 158 valence electrons. The molecule has 31 heavy (non-hydrogen) atoms. The van der Waals surface area contributed by atoms with E-state index in [-0.39, 0.29) is 13.2 Å². The van der Waals surface area contributed by atoms with Crippen molar-refractivity contribution >= 4 is 10.8 Å². The second-order valence-corrected chi connectivity index (χ2v) is 7.66. The predicted octanol–water partition coefficient (Wildman–Crippen LogP) is 6.77. The van der Waals surface area contributed by atoms with Crippen molar-refractivity contribution < 1.29 is 18.3 Å². The van der Waals surface area contributed by atoms with Crippen LogP contribution >= 0.6 is 0 Å². The Morgan fingerprint density at radius 1 is 0.839 bits per heavy atom. The van der Waals surface area contributed by atoms with Crippen molar-refractivity contribution in [2.24, 2.45) is 0 Å². The van der Waals surface area contributed by atoms with Crippen LogP contribution in [-0.4, -0.2) is 18.0 Å². The lowest BCUT2D eigenvalue weighted by Crippen LogP contribution is -2.36. The molecule has 0 fully saturated rings. The fraction of sp³-hybridized carbons (Fsp3) is 0.192. The van der Waals surface area contributed by atoms with E-state index < -0.39 is 11.8 Å². The molecule has 0 saturated carbocycles. The van der Waals surface area contributed by atoms with E-state index in [4.69, 9.17) is 9.47 Å². The van der Waals surface area contributed by atoms with Crippen molar-refractivity contribution in [1.82, 2.24) is 4.98 Å². The fourth-order valence-electron chi connectivity index (χ4n) is 3.39. The first-order valence-corrected chi connectivity index (χ1v) is 10.1. The van der Waals surface area contributed by atoms with Gasteiger partial charge in [0.2, 0.25) is 12.3 Å². The molecule has 1 atom stereocenters. The highest BCUT2D eigenvalue weighted by Crippen LogP contribution is 2.33. The Bertz CT molecular complexity index is 1150. The highest BCUT2D eigenvalue weighted by Gasteiger charge is 2.37. The number of hydrogen-bond acceptors (Lipinski definition) is 3. The number of alkyl halides is 2. The molecule has 0 amide bonds. The van der Waals surface area contributed by atoms with Gasteiger partial charge in [0.15, 0.2) is 0 Å². The van der Waals surface area contributed by atoms with Crippen molar-refractivity contribution in [3.05, 3.63) is 102 Å². The van der Waals surface area contributed by atoms with Gasteiger partial charge in [-0.1, -0.05) is 66.7 Å². The molecule has 1 heterocycles. The zero-order chi connectivity index (χ0) is 21.7. The first-order chi connectivity index (χ1) is 15.0. The van der Waals surface area contributed by atoms with Gasteiger partial charge in [-0.15, -0.1) is 0 Å². The maximum atomic E-state index is 14.1. The van der Waals surface area contributed by atoms with Crippen LogP contribution < -0.4 is 4.74 Å². The van der Waals surface area contributed by atoms with Crippen LogP contribution in [-0.2, 0) is 16.8 Å². The summed E-state index contributed by atoms with van der Waals surface area (Å²) < 4.78 is 39.6. The Hall–Kier alpha value is -3.31.